The van der Waals surface area contributed by atoms with Gasteiger partial charge in [0.05, 0.1) is 18.2 Å². The van der Waals surface area contributed by atoms with Crippen molar-refractivity contribution in [1.29, 1.82) is 0 Å². The van der Waals surface area contributed by atoms with Crippen molar-refractivity contribution in [2.24, 2.45) is 5.92 Å². The molecule has 3 aromatic rings. The van der Waals surface area contributed by atoms with E-state index in [9.17, 15) is 13.6 Å². The van der Waals surface area contributed by atoms with Crippen molar-refractivity contribution in [1.82, 2.24) is 15.2 Å². The van der Waals surface area contributed by atoms with Gasteiger partial charge in [0.25, 0.3) is 0 Å². The average Bonchev–Trinajstić information content (AvgIpc) is 3.24. The molecule has 1 unspecified atom stereocenters. The summed E-state index contributed by atoms with van der Waals surface area (Å²) in [6.45, 7) is 2.58. The highest BCUT2D eigenvalue weighted by Crippen LogP contribution is 2.27. The van der Waals surface area contributed by atoms with Crippen LogP contribution < -0.4 is 10.1 Å². The summed E-state index contributed by atoms with van der Waals surface area (Å²) in [6.07, 6.45) is 2.51. The van der Waals surface area contributed by atoms with Crippen molar-refractivity contribution in [3.63, 3.8) is 0 Å². The standard InChI is InChI=1S/C24H23F2N3O2/c25-19-7-8-23(22(26)13-19)31-21-6-3-4-17(12-21)15-29-11-9-18(16-29)24(30)28-14-20-5-1-2-10-27-20/h1-8,10,12-13,18H,9,11,14-16H2,(H,28,30). The molecule has 1 N–H and O–H groups in total. The second-order valence-electron chi connectivity index (χ2n) is 7.58. The molecule has 160 valence electrons. The number of aromatic nitrogens is 1. The summed E-state index contributed by atoms with van der Waals surface area (Å²) in [5.41, 5.74) is 1.83. The molecule has 2 heterocycles. The Bertz CT molecular complexity index is 1050. The molecule has 0 radical (unpaired) electrons. The first-order valence-electron chi connectivity index (χ1n) is 10.2. The van der Waals surface area contributed by atoms with E-state index in [1.165, 1.54) is 6.07 Å². The predicted octanol–water partition coefficient (Wildman–Crippen LogP) is 4.29. The van der Waals surface area contributed by atoms with Crippen molar-refractivity contribution < 1.29 is 18.3 Å². The molecule has 1 aliphatic heterocycles. The summed E-state index contributed by atoms with van der Waals surface area (Å²) < 4.78 is 32.5. The van der Waals surface area contributed by atoms with E-state index in [1.807, 2.05) is 36.4 Å². The van der Waals surface area contributed by atoms with Gasteiger partial charge in [-0.25, -0.2) is 8.78 Å². The van der Waals surface area contributed by atoms with E-state index in [0.29, 0.717) is 25.4 Å². The van der Waals surface area contributed by atoms with Crippen LogP contribution in [-0.4, -0.2) is 28.9 Å². The minimum atomic E-state index is -0.746. The van der Waals surface area contributed by atoms with E-state index in [4.69, 9.17) is 4.74 Å². The molecule has 1 aliphatic rings. The number of halogens is 2. The minimum absolute atomic E-state index is 0.0237. The smallest absolute Gasteiger partial charge is 0.224 e. The Morgan fingerprint density at radius 3 is 2.84 bits per heavy atom. The van der Waals surface area contributed by atoms with E-state index in [0.717, 1.165) is 36.4 Å². The lowest BCUT2D eigenvalue weighted by Crippen LogP contribution is -2.32. The highest BCUT2D eigenvalue weighted by molar-refractivity contribution is 5.79. The van der Waals surface area contributed by atoms with E-state index < -0.39 is 11.6 Å². The quantitative estimate of drug-likeness (QED) is 0.616. The number of pyridine rings is 1. The third-order valence-corrected chi connectivity index (χ3v) is 5.24. The first-order chi connectivity index (χ1) is 15.1. The van der Waals surface area contributed by atoms with E-state index in [-0.39, 0.29) is 17.6 Å². The number of hydrogen-bond acceptors (Lipinski definition) is 4. The molecule has 2 aromatic carbocycles. The Labute approximate surface area is 179 Å². The number of hydrogen-bond donors (Lipinski definition) is 1. The van der Waals surface area contributed by atoms with Crippen molar-refractivity contribution >= 4 is 5.91 Å². The molecular weight excluding hydrogens is 400 g/mol. The monoisotopic (exact) mass is 423 g/mol. The Hall–Kier alpha value is -3.32. The Kier molecular flexibility index (Phi) is 6.52. The van der Waals surface area contributed by atoms with E-state index in [2.05, 4.69) is 15.2 Å². The number of carbonyl (C=O) groups is 1. The van der Waals surface area contributed by atoms with Gasteiger partial charge in [-0.3, -0.25) is 14.7 Å². The molecule has 1 amide bonds. The maximum atomic E-state index is 13.8. The molecule has 0 spiro atoms. The zero-order valence-corrected chi connectivity index (χ0v) is 16.9. The fraction of sp³-hybridized carbons (Fsp3) is 0.250. The first kappa shape index (κ1) is 20.9. The minimum Gasteiger partial charge on any atom is -0.454 e. The highest BCUT2D eigenvalue weighted by atomic mass is 19.1. The molecule has 1 aromatic heterocycles. The number of benzene rings is 2. The Balaban J connectivity index is 1.30. The van der Waals surface area contributed by atoms with Gasteiger partial charge in [0, 0.05) is 25.4 Å². The molecule has 0 saturated carbocycles. The highest BCUT2D eigenvalue weighted by Gasteiger charge is 2.28. The Morgan fingerprint density at radius 1 is 1.13 bits per heavy atom. The second kappa shape index (κ2) is 9.66. The summed E-state index contributed by atoms with van der Waals surface area (Å²) in [4.78, 5) is 18.9. The second-order valence-corrected chi connectivity index (χ2v) is 7.58. The van der Waals surface area contributed by atoms with Crippen LogP contribution in [0.1, 0.15) is 17.7 Å². The molecule has 1 saturated heterocycles. The zero-order chi connectivity index (χ0) is 21.6. The van der Waals surface area contributed by atoms with Crippen LogP contribution in [0, 0.1) is 17.6 Å². The van der Waals surface area contributed by atoms with Gasteiger partial charge in [0.2, 0.25) is 5.91 Å². The number of nitrogens with zero attached hydrogens (tertiary/aromatic N) is 2. The number of rotatable bonds is 7. The Morgan fingerprint density at radius 2 is 2.03 bits per heavy atom. The summed E-state index contributed by atoms with van der Waals surface area (Å²) >= 11 is 0. The van der Waals surface area contributed by atoms with E-state index >= 15 is 0 Å². The van der Waals surface area contributed by atoms with Crippen LogP contribution in [0.3, 0.4) is 0 Å². The van der Waals surface area contributed by atoms with Crippen molar-refractivity contribution in [2.75, 3.05) is 13.1 Å². The molecule has 1 fully saturated rings. The summed E-state index contributed by atoms with van der Waals surface area (Å²) in [7, 11) is 0. The molecule has 0 aliphatic carbocycles. The van der Waals surface area contributed by atoms with Crippen molar-refractivity contribution in [2.45, 2.75) is 19.5 Å². The van der Waals surface area contributed by atoms with E-state index in [1.54, 1.807) is 12.3 Å². The fourth-order valence-electron chi connectivity index (χ4n) is 3.67. The van der Waals surface area contributed by atoms with Gasteiger partial charge in [-0.15, -0.1) is 0 Å². The summed E-state index contributed by atoms with van der Waals surface area (Å²) in [6, 6.07) is 16.2. The number of ether oxygens (including phenoxy) is 1. The third-order valence-electron chi connectivity index (χ3n) is 5.24. The van der Waals surface area contributed by atoms with Gasteiger partial charge in [-0.1, -0.05) is 18.2 Å². The normalized spacial score (nSPS) is 16.3. The summed E-state index contributed by atoms with van der Waals surface area (Å²) in [5, 5.41) is 2.96. The predicted molar refractivity (Wildman–Crippen MR) is 112 cm³/mol. The molecule has 4 rings (SSSR count). The van der Waals surface area contributed by atoms with Crippen molar-refractivity contribution in [3.8, 4) is 11.5 Å². The van der Waals surface area contributed by atoms with Gasteiger partial charge in [-0.05, 0) is 54.9 Å². The van der Waals surface area contributed by atoms with Gasteiger partial charge < -0.3 is 10.1 Å². The third kappa shape index (κ3) is 5.64. The van der Waals surface area contributed by atoms with Gasteiger partial charge in [0.15, 0.2) is 11.6 Å². The maximum Gasteiger partial charge on any atom is 0.224 e. The SMILES string of the molecule is O=C(NCc1ccccn1)C1CCN(Cc2cccc(Oc3ccc(F)cc3F)c2)C1. The fourth-order valence-corrected chi connectivity index (χ4v) is 3.67. The largest absolute Gasteiger partial charge is 0.454 e. The molecule has 0 bridgehead atoms. The van der Waals surface area contributed by atoms with Crippen molar-refractivity contribution in [3.05, 3.63) is 89.8 Å². The van der Waals surface area contributed by atoms with Gasteiger partial charge in [-0.2, -0.15) is 0 Å². The lowest BCUT2D eigenvalue weighted by atomic mass is 10.1. The first-order valence-corrected chi connectivity index (χ1v) is 10.2. The number of amides is 1. The van der Waals surface area contributed by atoms with Crippen LogP contribution in [0.25, 0.3) is 0 Å². The van der Waals surface area contributed by atoms with Crippen LogP contribution in [0.4, 0.5) is 8.78 Å². The number of nitrogens with one attached hydrogen (secondary N) is 1. The number of carbonyl (C=O) groups excluding carboxylic acids is 1. The van der Waals surface area contributed by atoms with Crippen LogP contribution in [0.2, 0.25) is 0 Å². The van der Waals surface area contributed by atoms with Crippen LogP contribution >= 0.6 is 0 Å². The average molecular weight is 423 g/mol. The van der Waals surface area contributed by atoms with Crippen LogP contribution in [0.5, 0.6) is 11.5 Å². The zero-order valence-electron chi connectivity index (χ0n) is 16.9. The summed E-state index contributed by atoms with van der Waals surface area (Å²) in [5.74, 6) is -0.958. The molecule has 1 atom stereocenters. The maximum absolute atomic E-state index is 13.8. The number of likely N-dealkylation sites (tertiary alicyclic amines) is 1. The molecular formula is C24H23F2N3O2. The molecule has 5 nitrogen and oxygen atoms in total. The molecule has 31 heavy (non-hydrogen) atoms. The van der Waals surface area contributed by atoms with Gasteiger partial charge in [0.1, 0.15) is 11.6 Å². The molecule has 7 heteroatoms. The lowest BCUT2D eigenvalue weighted by molar-refractivity contribution is -0.124. The van der Waals surface area contributed by atoms with Gasteiger partial charge >= 0.3 is 0 Å². The lowest BCUT2D eigenvalue weighted by Gasteiger charge is -2.17. The topological polar surface area (TPSA) is 54.5 Å². The van der Waals surface area contributed by atoms with Crippen LogP contribution in [0.15, 0.2) is 66.9 Å². The van der Waals surface area contributed by atoms with Crippen LogP contribution in [-0.2, 0) is 17.9 Å².